The third-order valence-corrected chi connectivity index (χ3v) is 3.74. The average Bonchev–Trinajstić information content (AvgIpc) is 2.34. The van der Waals surface area contributed by atoms with Gasteiger partial charge in [0.2, 0.25) is 0 Å². The Morgan fingerprint density at radius 2 is 2.17 bits per heavy atom. The van der Waals surface area contributed by atoms with Crippen LogP contribution < -0.4 is 5.32 Å². The molecule has 0 aromatic heterocycles. The maximum absolute atomic E-state index is 12.1. The minimum absolute atomic E-state index is 0. The highest BCUT2D eigenvalue weighted by atomic mass is 16.6. The molecule has 4 nitrogen and oxygen atoms in total. The SMILES string of the molecule is CCCO[C@]1(C(=O)OC)CNC[C@H](C(C)(C)C)C1.[HH]. The van der Waals surface area contributed by atoms with E-state index in [9.17, 15) is 4.79 Å². The van der Waals surface area contributed by atoms with Crippen LogP contribution >= 0.6 is 0 Å². The molecule has 18 heavy (non-hydrogen) atoms. The van der Waals surface area contributed by atoms with E-state index in [0.29, 0.717) is 19.1 Å². The highest BCUT2D eigenvalue weighted by Crippen LogP contribution is 2.36. The van der Waals surface area contributed by atoms with Crippen molar-refractivity contribution in [3.63, 3.8) is 0 Å². The van der Waals surface area contributed by atoms with Gasteiger partial charge in [-0.15, -0.1) is 0 Å². The topological polar surface area (TPSA) is 47.6 Å². The Morgan fingerprint density at radius 3 is 2.67 bits per heavy atom. The van der Waals surface area contributed by atoms with E-state index in [2.05, 4.69) is 26.1 Å². The smallest absolute Gasteiger partial charge is 0.339 e. The van der Waals surface area contributed by atoms with Crippen molar-refractivity contribution in [3.8, 4) is 0 Å². The standard InChI is InChI=1S/C14H27NO3.H2/c1-6-7-18-14(12(16)17-5)8-11(9-15-10-14)13(2,3)4;/h11,15H,6-10H2,1-5H3;1H/t11-,14+;/m1./s1. The average molecular weight is 259 g/mol. The van der Waals surface area contributed by atoms with Gasteiger partial charge in [-0.2, -0.15) is 0 Å². The fourth-order valence-electron chi connectivity index (χ4n) is 2.41. The summed E-state index contributed by atoms with van der Waals surface area (Å²) >= 11 is 0. The number of hydrogen-bond acceptors (Lipinski definition) is 4. The molecule has 1 aliphatic rings. The molecule has 0 aliphatic carbocycles. The molecule has 1 heterocycles. The summed E-state index contributed by atoms with van der Waals surface area (Å²) in [6, 6.07) is 0. The number of carbonyl (C=O) groups excluding carboxylic acids is 1. The Bertz CT molecular complexity index is 291. The van der Waals surface area contributed by atoms with E-state index in [4.69, 9.17) is 9.47 Å². The number of hydrogen-bond donors (Lipinski definition) is 1. The molecule has 1 aliphatic heterocycles. The number of carbonyl (C=O) groups is 1. The number of nitrogens with one attached hydrogen (secondary N) is 1. The molecule has 0 spiro atoms. The van der Waals surface area contributed by atoms with Gasteiger partial charge in [0.25, 0.3) is 0 Å². The van der Waals surface area contributed by atoms with Crippen LogP contribution in [-0.2, 0) is 14.3 Å². The lowest BCUT2D eigenvalue weighted by Crippen LogP contribution is -2.58. The molecule has 0 radical (unpaired) electrons. The molecule has 1 saturated heterocycles. The zero-order valence-electron chi connectivity index (χ0n) is 12.3. The van der Waals surface area contributed by atoms with Gasteiger partial charge in [0.05, 0.1) is 7.11 Å². The van der Waals surface area contributed by atoms with E-state index in [1.54, 1.807) is 0 Å². The van der Waals surface area contributed by atoms with Crippen LogP contribution in [-0.4, -0.2) is 38.4 Å². The molecule has 0 saturated carbocycles. The van der Waals surface area contributed by atoms with Crippen LogP contribution in [0.3, 0.4) is 0 Å². The monoisotopic (exact) mass is 259 g/mol. The molecule has 0 aromatic carbocycles. The first kappa shape index (κ1) is 15.4. The molecular weight excluding hydrogens is 230 g/mol. The summed E-state index contributed by atoms with van der Waals surface area (Å²) in [5, 5.41) is 3.33. The summed E-state index contributed by atoms with van der Waals surface area (Å²) in [6.45, 7) is 10.7. The first-order valence-electron chi connectivity index (χ1n) is 6.79. The van der Waals surface area contributed by atoms with Gasteiger partial charge in [-0.25, -0.2) is 4.79 Å². The van der Waals surface area contributed by atoms with Crippen LogP contribution in [0.2, 0.25) is 0 Å². The van der Waals surface area contributed by atoms with Crippen LogP contribution in [0.5, 0.6) is 0 Å². The number of methoxy groups -OCH3 is 1. The molecule has 0 aromatic rings. The minimum Gasteiger partial charge on any atom is -0.467 e. The Balaban J connectivity index is 0.00000324. The Morgan fingerprint density at radius 1 is 1.50 bits per heavy atom. The summed E-state index contributed by atoms with van der Waals surface area (Å²) in [5.74, 6) is 0.152. The zero-order chi connectivity index (χ0) is 13.8. The molecule has 0 bridgehead atoms. The summed E-state index contributed by atoms with van der Waals surface area (Å²) < 4.78 is 10.8. The summed E-state index contributed by atoms with van der Waals surface area (Å²) in [7, 11) is 1.43. The molecule has 1 N–H and O–H groups in total. The third kappa shape index (κ3) is 3.45. The third-order valence-electron chi connectivity index (χ3n) is 3.74. The second-order valence-electron chi connectivity index (χ2n) is 6.23. The molecule has 1 fully saturated rings. The van der Waals surface area contributed by atoms with Crippen LogP contribution in [0.15, 0.2) is 0 Å². The Hall–Kier alpha value is -0.610. The Kier molecular flexibility index (Phi) is 5.17. The van der Waals surface area contributed by atoms with Crippen molar-refractivity contribution in [2.75, 3.05) is 26.8 Å². The quantitative estimate of drug-likeness (QED) is 0.787. The zero-order valence-corrected chi connectivity index (χ0v) is 12.3. The predicted molar refractivity (Wildman–Crippen MR) is 73.5 cm³/mol. The number of esters is 1. The molecule has 1 rings (SSSR count). The number of ether oxygens (including phenoxy) is 2. The van der Waals surface area contributed by atoms with Gasteiger partial charge in [-0.1, -0.05) is 27.7 Å². The van der Waals surface area contributed by atoms with Gasteiger partial charge in [0.1, 0.15) is 0 Å². The molecule has 2 atom stereocenters. The highest BCUT2D eigenvalue weighted by molar-refractivity contribution is 5.80. The number of piperidine rings is 1. The van der Waals surface area contributed by atoms with Crippen LogP contribution in [0.1, 0.15) is 42.0 Å². The van der Waals surface area contributed by atoms with Gasteiger partial charge in [0, 0.05) is 14.6 Å². The maximum Gasteiger partial charge on any atom is 0.339 e. The van der Waals surface area contributed by atoms with Gasteiger partial charge in [-0.05, 0) is 30.7 Å². The Labute approximate surface area is 112 Å². The van der Waals surface area contributed by atoms with Crippen molar-refractivity contribution in [2.24, 2.45) is 11.3 Å². The first-order chi connectivity index (χ1) is 8.35. The van der Waals surface area contributed by atoms with Gasteiger partial charge in [0.15, 0.2) is 5.60 Å². The van der Waals surface area contributed by atoms with E-state index in [1.807, 2.05) is 6.92 Å². The minimum atomic E-state index is -0.805. The van der Waals surface area contributed by atoms with Crippen molar-refractivity contribution in [1.29, 1.82) is 0 Å². The van der Waals surface area contributed by atoms with E-state index in [-0.39, 0.29) is 12.8 Å². The summed E-state index contributed by atoms with van der Waals surface area (Å²) in [4.78, 5) is 12.1. The van der Waals surface area contributed by atoms with Crippen LogP contribution in [0.25, 0.3) is 0 Å². The lowest BCUT2D eigenvalue weighted by Gasteiger charge is -2.43. The van der Waals surface area contributed by atoms with Crippen LogP contribution in [0.4, 0.5) is 0 Å². The van der Waals surface area contributed by atoms with Crippen molar-refractivity contribution in [2.45, 2.75) is 46.1 Å². The highest BCUT2D eigenvalue weighted by Gasteiger charge is 2.47. The fraction of sp³-hybridized carbons (Fsp3) is 0.929. The lowest BCUT2D eigenvalue weighted by atomic mass is 9.72. The maximum atomic E-state index is 12.1. The van der Waals surface area contributed by atoms with Crippen molar-refractivity contribution in [3.05, 3.63) is 0 Å². The second-order valence-corrected chi connectivity index (χ2v) is 6.23. The lowest BCUT2D eigenvalue weighted by molar-refractivity contribution is -0.176. The summed E-state index contributed by atoms with van der Waals surface area (Å²) in [5.41, 5.74) is -0.650. The van der Waals surface area contributed by atoms with Crippen LogP contribution in [0, 0.1) is 11.3 Å². The van der Waals surface area contributed by atoms with E-state index < -0.39 is 5.60 Å². The van der Waals surface area contributed by atoms with Gasteiger partial charge < -0.3 is 14.8 Å². The molecular formula is C14H29NO3. The van der Waals surface area contributed by atoms with E-state index >= 15 is 0 Å². The van der Waals surface area contributed by atoms with E-state index in [0.717, 1.165) is 19.4 Å². The largest absolute Gasteiger partial charge is 0.467 e. The van der Waals surface area contributed by atoms with Gasteiger partial charge in [-0.3, -0.25) is 0 Å². The molecule has 0 unspecified atom stereocenters. The predicted octanol–water partition coefficient (Wildman–Crippen LogP) is 2.23. The van der Waals surface area contributed by atoms with Gasteiger partial charge >= 0.3 is 5.97 Å². The number of rotatable bonds is 4. The normalized spacial score (nSPS) is 29.1. The second kappa shape index (κ2) is 6.02. The molecule has 108 valence electrons. The van der Waals surface area contributed by atoms with Crippen molar-refractivity contribution >= 4 is 5.97 Å². The first-order valence-corrected chi connectivity index (χ1v) is 6.79. The molecule has 4 heteroatoms. The summed E-state index contributed by atoms with van der Waals surface area (Å²) in [6.07, 6.45) is 1.63. The van der Waals surface area contributed by atoms with Crippen molar-refractivity contribution < 1.29 is 15.7 Å². The fourth-order valence-corrected chi connectivity index (χ4v) is 2.41. The van der Waals surface area contributed by atoms with Crippen molar-refractivity contribution in [1.82, 2.24) is 5.32 Å². The molecule has 0 amide bonds. The van der Waals surface area contributed by atoms with E-state index in [1.165, 1.54) is 7.11 Å².